The molecular formula is C19H21ClN2O3. The van der Waals surface area contributed by atoms with Crippen molar-refractivity contribution >= 4 is 23.7 Å². The molecule has 132 valence electrons. The largest absolute Gasteiger partial charge is 0.496 e. The maximum atomic E-state index is 11.8. The van der Waals surface area contributed by atoms with Gasteiger partial charge in [-0.3, -0.25) is 4.79 Å². The van der Waals surface area contributed by atoms with E-state index in [1.807, 2.05) is 43.3 Å². The summed E-state index contributed by atoms with van der Waals surface area (Å²) in [7, 11) is 1.59. The number of carbonyl (C=O) groups is 1. The van der Waals surface area contributed by atoms with E-state index >= 15 is 0 Å². The van der Waals surface area contributed by atoms with Crippen molar-refractivity contribution in [3.63, 3.8) is 0 Å². The Morgan fingerprint density at radius 2 is 2.04 bits per heavy atom. The second-order valence-corrected chi connectivity index (χ2v) is 5.83. The van der Waals surface area contributed by atoms with Crippen LogP contribution < -0.4 is 14.9 Å². The molecule has 2 aromatic rings. The fraction of sp³-hybridized carbons (Fsp3) is 0.263. The molecule has 0 spiro atoms. The van der Waals surface area contributed by atoms with Crippen LogP contribution in [0.4, 0.5) is 0 Å². The van der Waals surface area contributed by atoms with Gasteiger partial charge in [0.05, 0.1) is 19.9 Å². The molecule has 25 heavy (non-hydrogen) atoms. The first kappa shape index (κ1) is 18.8. The molecule has 2 rings (SSSR count). The number of ether oxygens (including phenoxy) is 2. The predicted octanol–water partition coefficient (Wildman–Crippen LogP) is 3.97. The molecule has 0 bridgehead atoms. The average Bonchev–Trinajstić information content (AvgIpc) is 2.60. The van der Waals surface area contributed by atoms with Crippen molar-refractivity contribution in [2.75, 3.05) is 13.7 Å². The third-order valence-corrected chi connectivity index (χ3v) is 3.71. The Hall–Kier alpha value is -2.53. The highest BCUT2D eigenvalue weighted by Crippen LogP contribution is 2.21. The van der Waals surface area contributed by atoms with Crippen LogP contribution in [0.15, 0.2) is 47.6 Å². The van der Waals surface area contributed by atoms with Gasteiger partial charge in [-0.25, -0.2) is 5.43 Å². The maximum Gasteiger partial charge on any atom is 0.240 e. The van der Waals surface area contributed by atoms with Gasteiger partial charge in [-0.15, -0.1) is 0 Å². The summed E-state index contributed by atoms with van der Waals surface area (Å²) in [5.41, 5.74) is 4.27. The standard InChI is InChI=1S/C19H21ClN2O3/c1-14-12-16(20)9-10-17(14)25-11-5-8-19(23)22-21-13-15-6-3-4-7-18(15)24-2/h3-4,6-7,9-10,12-13H,5,8,11H2,1-2H3,(H,22,23)/b21-13+. The molecule has 0 aliphatic heterocycles. The highest BCUT2D eigenvalue weighted by molar-refractivity contribution is 6.30. The Morgan fingerprint density at radius 3 is 2.80 bits per heavy atom. The Bertz CT molecular complexity index is 747. The minimum atomic E-state index is -0.164. The number of methoxy groups -OCH3 is 1. The Morgan fingerprint density at radius 1 is 1.24 bits per heavy atom. The van der Waals surface area contributed by atoms with E-state index in [4.69, 9.17) is 21.1 Å². The fourth-order valence-electron chi connectivity index (χ4n) is 2.19. The minimum Gasteiger partial charge on any atom is -0.496 e. The molecule has 0 atom stereocenters. The number of nitrogens with zero attached hydrogens (tertiary/aromatic N) is 1. The number of aryl methyl sites for hydroxylation is 1. The van der Waals surface area contributed by atoms with Crippen LogP contribution in [0.25, 0.3) is 0 Å². The number of nitrogens with one attached hydrogen (secondary N) is 1. The number of hydrazone groups is 1. The van der Waals surface area contributed by atoms with E-state index in [1.54, 1.807) is 19.4 Å². The van der Waals surface area contributed by atoms with E-state index in [0.29, 0.717) is 30.2 Å². The van der Waals surface area contributed by atoms with Gasteiger partial charge in [0, 0.05) is 17.0 Å². The molecule has 0 unspecified atom stereocenters. The van der Waals surface area contributed by atoms with Crippen molar-refractivity contribution in [1.82, 2.24) is 5.43 Å². The zero-order valence-corrected chi connectivity index (χ0v) is 15.0. The average molecular weight is 361 g/mol. The first-order valence-corrected chi connectivity index (χ1v) is 8.32. The van der Waals surface area contributed by atoms with Gasteiger partial charge in [0.15, 0.2) is 0 Å². The summed E-state index contributed by atoms with van der Waals surface area (Å²) in [6.07, 6.45) is 2.48. The molecule has 0 aromatic heterocycles. The second-order valence-electron chi connectivity index (χ2n) is 5.40. The number of para-hydroxylation sites is 1. The number of benzene rings is 2. The smallest absolute Gasteiger partial charge is 0.240 e. The molecule has 1 N–H and O–H groups in total. The highest BCUT2D eigenvalue weighted by Gasteiger charge is 2.03. The monoisotopic (exact) mass is 360 g/mol. The lowest BCUT2D eigenvalue weighted by molar-refractivity contribution is -0.121. The summed E-state index contributed by atoms with van der Waals surface area (Å²) in [5.74, 6) is 1.31. The Labute approximate surface area is 152 Å². The predicted molar refractivity (Wildman–Crippen MR) is 99.6 cm³/mol. The highest BCUT2D eigenvalue weighted by atomic mass is 35.5. The van der Waals surface area contributed by atoms with E-state index in [-0.39, 0.29) is 5.91 Å². The van der Waals surface area contributed by atoms with E-state index in [0.717, 1.165) is 16.9 Å². The molecule has 2 aromatic carbocycles. The molecule has 6 heteroatoms. The zero-order chi connectivity index (χ0) is 18.1. The molecule has 0 radical (unpaired) electrons. The SMILES string of the molecule is COc1ccccc1/C=N/NC(=O)CCCOc1ccc(Cl)cc1C. The molecule has 0 aliphatic carbocycles. The normalized spacial score (nSPS) is 10.7. The van der Waals surface area contributed by atoms with Gasteiger partial charge < -0.3 is 9.47 Å². The Balaban J connectivity index is 1.71. The lowest BCUT2D eigenvalue weighted by Gasteiger charge is -2.08. The molecule has 0 fully saturated rings. The van der Waals surface area contributed by atoms with Crippen LogP contribution in [0.5, 0.6) is 11.5 Å². The zero-order valence-electron chi connectivity index (χ0n) is 14.3. The van der Waals surface area contributed by atoms with E-state index in [2.05, 4.69) is 10.5 Å². The lowest BCUT2D eigenvalue weighted by Crippen LogP contribution is -2.18. The maximum absolute atomic E-state index is 11.8. The summed E-state index contributed by atoms with van der Waals surface area (Å²) < 4.78 is 10.9. The van der Waals surface area contributed by atoms with Crippen LogP contribution >= 0.6 is 11.6 Å². The van der Waals surface area contributed by atoms with Crippen molar-refractivity contribution in [2.24, 2.45) is 5.10 Å². The molecule has 1 amide bonds. The molecule has 0 saturated carbocycles. The molecule has 0 saturated heterocycles. The van der Waals surface area contributed by atoms with E-state index < -0.39 is 0 Å². The van der Waals surface area contributed by atoms with Crippen LogP contribution in [-0.4, -0.2) is 25.8 Å². The summed E-state index contributed by atoms with van der Waals surface area (Å²) in [4.78, 5) is 11.8. The topological polar surface area (TPSA) is 59.9 Å². The number of halogens is 1. The number of carbonyl (C=O) groups excluding carboxylic acids is 1. The summed E-state index contributed by atoms with van der Waals surface area (Å²) in [6, 6.07) is 12.9. The number of rotatable bonds is 8. The third kappa shape index (κ3) is 6.12. The van der Waals surface area contributed by atoms with Crippen LogP contribution in [0.2, 0.25) is 5.02 Å². The van der Waals surface area contributed by atoms with Gasteiger partial charge in [0.2, 0.25) is 5.91 Å². The third-order valence-electron chi connectivity index (χ3n) is 3.47. The van der Waals surface area contributed by atoms with Crippen molar-refractivity contribution in [1.29, 1.82) is 0 Å². The second kappa shape index (κ2) is 9.69. The fourth-order valence-corrected chi connectivity index (χ4v) is 2.42. The van der Waals surface area contributed by atoms with Gasteiger partial charge in [0.1, 0.15) is 11.5 Å². The summed E-state index contributed by atoms with van der Waals surface area (Å²) in [6.45, 7) is 2.38. The minimum absolute atomic E-state index is 0.164. The van der Waals surface area contributed by atoms with Crippen molar-refractivity contribution in [3.05, 3.63) is 58.6 Å². The first-order chi connectivity index (χ1) is 12.1. The quantitative estimate of drug-likeness (QED) is 0.440. The van der Waals surface area contributed by atoms with Crippen LogP contribution in [0.1, 0.15) is 24.0 Å². The van der Waals surface area contributed by atoms with Crippen molar-refractivity contribution in [3.8, 4) is 11.5 Å². The van der Waals surface area contributed by atoms with Gasteiger partial charge in [0.25, 0.3) is 0 Å². The van der Waals surface area contributed by atoms with Crippen molar-refractivity contribution < 1.29 is 14.3 Å². The summed E-state index contributed by atoms with van der Waals surface area (Å²) in [5, 5.41) is 4.63. The van der Waals surface area contributed by atoms with Gasteiger partial charge >= 0.3 is 0 Å². The Kier molecular flexibility index (Phi) is 7.29. The lowest BCUT2D eigenvalue weighted by atomic mass is 10.2. The van der Waals surface area contributed by atoms with Gasteiger partial charge in [-0.2, -0.15) is 5.10 Å². The van der Waals surface area contributed by atoms with Gasteiger partial charge in [-0.1, -0.05) is 23.7 Å². The summed E-state index contributed by atoms with van der Waals surface area (Å²) >= 11 is 5.90. The van der Waals surface area contributed by atoms with E-state index in [1.165, 1.54) is 0 Å². The molecule has 5 nitrogen and oxygen atoms in total. The molecule has 0 aliphatic rings. The molecular weight excluding hydrogens is 340 g/mol. The van der Waals surface area contributed by atoms with E-state index in [9.17, 15) is 4.79 Å². The van der Waals surface area contributed by atoms with Crippen LogP contribution in [0, 0.1) is 6.92 Å². The van der Waals surface area contributed by atoms with Crippen LogP contribution in [-0.2, 0) is 4.79 Å². The molecule has 0 heterocycles. The number of hydrogen-bond donors (Lipinski definition) is 1. The first-order valence-electron chi connectivity index (χ1n) is 7.94. The van der Waals surface area contributed by atoms with Gasteiger partial charge in [-0.05, 0) is 49.2 Å². The number of hydrogen-bond acceptors (Lipinski definition) is 4. The number of amides is 1. The van der Waals surface area contributed by atoms with Crippen molar-refractivity contribution in [2.45, 2.75) is 19.8 Å². The van der Waals surface area contributed by atoms with Crippen LogP contribution in [0.3, 0.4) is 0 Å².